The fraction of sp³-hybridized carbons (Fsp3) is 0.133. The van der Waals surface area contributed by atoms with E-state index in [0.717, 1.165) is 11.3 Å². The van der Waals surface area contributed by atoms with Gasteiger partial charge in [-0.25, -0.2) is 4.98 Å². The van der Waals surface area contributed by atoms with Crippen LogP contribution in [0.2, 0.25) is 0 Å². The summed E-state index contributed by atoms with van der Waals surface area (Å²) in [6.45, 7) is 1.87. The number of nitrogens with zero attached hydrogens (tertiary/aromatic N) is 2. The number of carbonyl (C=O) groups excluding carboxylic acids is 1. The van der Waals surface area contributed by atoms with Crippen LogP contribution in [0.25, 0.3) is 0 Å². The van der Waals surface area contributed by atoms with Crippen molar-refractivity contribution in [1.29, 1.82) is 5.26 Å². The van der Waals surface area contributed by atoms with Crippen molar-refractivity contribution in [3.8, 4) is 11.8 Å². The van der Waals surface area contributed by atoms with E-state index in [0.29, 0.717) is 16.9 Å². The van der Waals surface area contributed by atoms with Gasteiger partial charge in [0.15, 0.2) is 0 Å². The Labute approximate surface area is 116 Å². The van der Waals surface area contributed by atoms with Crippen molar-refractivity contribution in [1.82, 2.24) is 4.98 Å². The molecule has 0 radical (unpaired) electrons. The first-order chi connectivity index (χ1) is 9.63. The van der Waals surface area contributed by atoms with Crippen LogP contribution in [0, 0.1) is 18.3 Å². The summed E-state index contributed by atoms with van der Waals surface area (Å²) in [5.41, 5.74) is 1.85. The minimum absolute atomic E-state index is 0.257. The molecule has 0 bridgehead atoms. The van der Waals surface area contributed by atoms with Gasteiger partial charge in [0.05, 0.1) is 12.7 Å². The maximum absolute atomic E-state index is 12.1. The zero-order chi connectivity index (χ0) is 14.5. The summed E-state index contributed by atoms with van der Waals surface area (Å²) >= 11 is 0. The van der Waals surface area contributed by atoms with Crippen LogP contribution < -0.4 is 10.1 Å². The molecule has 0 spiro atoms. The highest BCUT2D eigenvalue weighted by molar-refractivity contribution is 6.04. The van der Waals surface area contributed by atoms with E-state index in [1.807, 2.05) is 13.0 Å². The third-order valence-corrected chi connectivity index (χ3v) is 2.79. The number of anilines is 1. The molecule has 0 aliphatic heterocycles. The molecule has 0 saturated heterocycles. The van der Waals surface area contributed by atoms with Gasteiger partial charge in [-0.15, -0.1) is 0 Å². The Kier molecular flexibility index (Phi) is 3.96. The van der Waals surface area contributed by atoms with Crippen LogP contribution in [-0.4, -0.2) is 18.0 Å². The van der Waals surface area contributed by atoms with Crippen LogP contribution in [0.4, 0.5) is 5.82 Å². The average molecular weight is 267 g/mol. The van der Waals surface area contributed by atoms with E-state index < -0.39 is 0 Å². The van der Waals surface area contributed by atoms with Gasteiger partial charge in [0.1, 0.15) is 17.6 Å². The maximum atomic E-state index is 12.1. The smallest absolute Gasteiger partial charge is 0.256 e. The molecular weight excluding hydrogens is 254 g/mol. The van der Waals surface area contributed by atoms with Crippen LogP contribution >= 0.6 is 0 Å². The van der Waals surface area contributed by atoms with E-state index >= 15 is 0 Å². The molecule has 1 aromatic heterocycles. The van der Waals surface area contributed by atoms with Crippen molar-refractivity contribution in [2.75, 3.05) is 12.4 Å². The van der Waals surface area contributed by atoms with E-state index in [9.17, 15) is 4.79 Å². The first-order valence-corrected chi connectivity index (χ1v) is 5.96. The number of aryl methyl sites for hydroxylation is 1. The molecule has 0 atom stereocenters. The van der Waals surface area contributed by atoms with E-state index in [1.165, 1.54) is 6.20 Å². The van der Waals surface area contributed by atoms with Crippen molar-refractivity contribution < 1.29 is 9.53 Å². The first-order valence-electron chi connectivity index (χ1n) is 5.96. The predicted molar refractivity (Wildman–Crippen MR) is 74.6 cm³/mol. The highest BCUT2D eigenvalue weighted by Gasteiger charge is 2.09. The minimum Gasteiger partial charge on any atom is -0.496 e. The quantitative estimate of drug-likeness (QED) is 0.927. The number of hydrogen-bond acceptors (Lipinski definition) is 4. The molecule has 2 aromatic rings. The second kappa shape index (κ2) is 5.85. The molecule has 1 amide bonds. The number of amides is 1. The standard InChI is InChI=1S/C15H13N3O2/c1-10-7-12(4-5-13(10)20-2)15(19)18-14-6-3-11(8-16)9-17-14/h3-7,9H,1-2H3,(H,17,18,19). The number of hydrogen-bond donors (Lipinski definition) is 1. The largest absolute Gasteiger partial charge is 0.496 e. The van der Waals surface area contributed by atoms with Gasteiger partial charge >= 0.3 is 0 Å². The zero-order valence-electron chi connectivity index (χ0n) is 11.2. The van der Waals surface area contributed by atoms with E-state index in [-0.39, 0.29) is 5.91 Å². The third kappa shape index (κ3) is 2.93. The Morgan fingerprint density at radius 2 is 2.15 bits per heavy atom. The van der Waals surface area contributed by atoms with Crippen molar-refractivity contribution in [3.63, 3.8) is 0 Å². The van der Waals surface area contributed by atoms with Gasteiger partial charge in [-0.05, 0) is 42.8 Å². The number of carbonyl (C=O) groups is 1. The van der Waals surface area contributed by atoms with Crippen LogP contribution in [0.5, 0.6) is 5.75 Å². The normalized spacial score (nSPS) is 9.65. The monoisotopic (exact) mass is 267 g/mol. The number of benzene rings is 1. The fourth-order valence-corrected chi connectivity index (χ4v) is 1.74. The number of rotatable bonds is 3. The van der Waals surface area contributed by atoms with Crippen LogP contribution in [-0.2, 0) is 0 Å². The van der Waals surface area contributed by atoms with E-state index in [2.05, 4.69) is 10.3 Å². The van der Waals surface area contributed by atoms with Gasteiger partial charge in [0, 0.05) is 11.8 Å². The van der Waals surface area contributed by atoms with Gasteiger partial charge < -0.3 is 10.1 Å². The van der Waals surface area contributed by atoms with Gasteiger partial charge in [-0.2, -0.15) is 5.26 Å². The summed E-state index contributed by atoms with van der Waals surface area (Å²) in [4.78, 5) is 16.1. The maximum Gasteiger partial charge on any atom is 0.256 e. The molecule has 0 aliphatic carbocycles. The zero-order valence-corrected chi connectivity index (χ0v) is 11.2. The number of pyridine rings is 1. The second-order valence-corrected chi connectivity index (χ2v) is 4.18. The van der Waals surface area contributed by atoms with E-state index in [1.54, 1.807) is 37.4 Å². The summed E-state index contributed by atoms with van der Waals surface area (Å²) in [6, 6.07) is 10.3. The van der Waals surface area contributed by atoms with Crippen molar-refractivity contribution >= 4 is 11.7 Å². The first kappa shape index (κ1) is 13.6. The van der Waals surface area contributed by atoms with Crippen molar-refractivity contribution in [2.24, 2.45) is 0 Å². The number of methoxy groups -OCH3 is 1. The molecular formula is C15H13N3O2. The molecule has 100 valence electrons. The van der Waals surface area contributed by atoms with Crippen LogP contribution in [0.1, 0.15) is 21.5 Å². The molecule has 5 nitrogen and oxygen atoms in total. The van der Waals surface area contributed by atoms with E-state index in [4.69, 9.17) is 10.00 Å². The molecule has 1 aromatic carbocycles. The Morgan fingerprint density at radius 3 is 2.70 bits per heavy atom. The highest BCUT2D eigenvalue weighted by atomic mass is 16.5. The van der Waals surface area contributed by atoms with Gasteiger partial charge in [0.2, 0.25) is 0 Å². The molecule has 1 N–H and O–H groups in total. The van der Waals surface area contributed by atoms with Gasteiger partial charge in [0.25, 0.3) is 5.91 Å². The Hall–Kier alpha value is -2.87. The second-order valence-electron chi connectivity index (χ2n) is 4.18. The number of ether oxygens (including phenoxy) is 1. The summed E-state index contributed by atoms with van der Waals surface area (Å²) < 4.78 is 5.15. The van der Waals surface area contributed by atoms with Crippen LogP contribution in [0.3, 0.4) is 0 Å². The SMILES string of the molecule is COc1ccc(C(=O)Nc2ccc(C#N)cn2)cc1C. The molecule has 20 heavy (non-hydrogen) atoms. The molecule has 0 unspecified atom stereocenters. The van der Waals surface area contributed by atoms with Crippen molar-refractivity contribution in [3.05, 3.63) is 53.2 Å². The molecule has 5 heteroatoms. The summed E-state index contributed by atoms with van der Waals surface area (Å²) in [6.07, 6.45) is 1.41. The van der Waals surface area contributed by atoms with Gasteiger partial charge in [-0.1, -0.05) is 0 Å². The Bertz CT molecular complexity index is 673. The van der Waals surface area contributed by atoms with Gasteiger partial charge in [-0.3, -0.25) is 4.79 Å². The molecule has 0 aliphatic rings. The fourth-order valence-electron chi connectivity index (χ4n) is 1.74. The lowest BCUT2D eigenvalue weighted by atomic mass is 10.1. The van der Waals surface area contributed by atoms with Crippen LogP contribution in [0.15, 0.2) is 36.5 Å². The lowest BCUT2D eigenvalue weighted by molar-refractivity contribution is 0.102. The lowest BCUT2D eigenvalue weighted by Crippen LogP contribution is -2.13. The summed E-state index contributed by atoms with van der Waals surface area (Å²) in [5.74, 6) is 0.883. The number of nitrogens with one attached hydrogen (secondary N) is 1. The molecule has 1 heterocycles. The van der Waals surface area contributed by atoms with Crippen molar-refractivity contribution in [2.45, 2.75) is 6.92 Å². The number of aromatic nitrogens is 1. The minimum atomic E-state index is -0.257. The molecule has 2 rings (SSSR count). The topological polar surface area (TPSA) is 75.0 Å². The molecule has 0 saturated carbocycles. The summed E-state index contributed by atoms with van der Waals surface area (Å²) in [7, 11) is 1.59. The molecule has 0 fully saturated rings. The predicted octanol–water partition coefficient (Wildman–Crippen LogP) is 2.52. The Balaban J connectivity index is 2.15. The average Bonchev–Trinajstić information content (AvgIpc) is 2.48. The summed E-state index contributed by atoms with van der Waals surface area (Å²) in [5, 5.41) is 11.4. The highest BCUT2D eigenvalue weighted by Crippen LogP contribution is 2.19. The third-order valence-electron chi connectivity index (χ3n) is 2.79. The Morgan fingerprint density at radius 1 is 1.35 bits per heavy atom. The number of nitriles is 1. The lowest BCUT2D eigenvalue weighted by Gasteiger charge is -2.08.